The standard InChI is InChI=1S/C22H22N4O3.C2HF3O2/c1-26(2)12-6-11-23-21(27)16-9-10-19-17(13-16)20(25-29-19)18-14-28-22(24-18)15-7-4-3-5-8-15;3-2(4,5)1(6)7/h3-5,7-10,13-14H,6,11-12H2,1-2H3,(H,23,27);(H,6,7). The van der Waals surface area contributed by atoms with Gasteiger partial charge in [-0.2, -0.15) is 13.2 Å². The second-order valence-corrected chi connectivity index (χ2v) is 7.86. The van der Waals surface area contributed by atoms with Gasteiger partial charge in [-0.1, -0.05) is 23.4 Å². The summed E-state index contributed by atoms with van der Waals surface area (Å²) in [4.78, 5) is 28.0. The Morgan fingerprint density at radius 3 is 2.44 bits per heavy atom. The van der Waals surface area contributed by atoms with Crippen LogP contribution in [0.25, 0.3) is 33.8 Å². The van der Waals surface area contributed by atoms with Crippen LogP contribution in [0.4, 0.5) is 13.2 Å². The SMILES string of the molecule is CN(C)CCCNC(=O)c1ccc2onc(-c3coc(-c4ccccc4)n3)c2c1.O=C(O)C(F)(F)F. The molecule has 0 unspecified atom stereocenters. The lowest BCUT2D eigenvalue weighted by atomic mass is 10.1. The third-order valence-corrected chi connectivity index (χ3v) is 4.81. The molecule has 2 aromatic carbocycles. The molecule has 2 N–H and O–H groups in total. The second-order valence-electron chi connectivity index (χ2n) is 7.86. The number of carboxylic acid groups (broad SMARTS) is 1. The fourth-order valence-corrected chi connectivity index (χ4v) is 3.06. The molecule has 12 heteroatoms. The van der Waals surface area contributed by atoms with Gasteiger partial charge >= 0.3 is 12.1 Å². The van der Waals surface area contributed by atoms with E-state index >= 15 is 0 Å². The topological polar surface area (TPSA) is 122 Å². The molecule has 0 saturated heterocycles. The van der Waals surface area contributed by atoms with Crippen LogP contribution in [0.1, 0.15) is 16.8 Å². The summed E-state index contributed by atoms with van der Waals surface area (Å²) in [6, 6.07) is 14.9. The van der Waals surface area contributed by atoms with Crippen molar-refractivity contribution < 1.29 is 36.8 Å². The Morgan fingerprint density at radius 2 is 1.81 bits per heavy atom. The molecule has 36 heavy (non-hydrogen) atoms. The highest BCUT2D eigenvalue weighted by Crippen LogP contribution is 2.30. The summed E-state index contributed by atoms with van der Waals surface area (Å²) in [6.07, 6.45) is -2.64. The Balaban J connectivity index is 0.000000454. The van der Waals surface area contributed by atoms with Crippen molar-refractivity contribution in [2.45, 2.75) is 12.6 Å². The highest BCUT2D eigenvalue weighted by atomic mass is 19.4. The van der Waals surface area contributed by atoms with Crippen LogP contribution in [-0.2, 0) is 4.79 Å². The van der Waals surface area contributed by atoms with Crippen molar-refractivity contribution in [1.29, 1.82) is 0 Å². The van der Waals surface area contributed by atoms with Crippen molar-refractivity contribution in [3.05, 3.63) is 60.4 Å². The number of aliphatic carboxylic acids is 1. The van der Waals surface area contributed by atoms with Crippen LogP contribution in [0.3, 0.4) is 0 Å². The van der Waals surface area contributed by atoms with E-state index in [-0.39, 0.29) is 5.91 Å². The minimum Gasteiger partial charge on any atom is -0.475 e. The summed E-state index contributed by atoms with van der Waals surface area (Å²) in [7, 11) is 4.02. The van der Waals surface area contributed by atoms with Crippen LogP contribution in [0.5, 0.6) is 0 Å². The number of fused-ring (bicyclic) bond motifs is 1. The van der Waals surface area contributed by atoms with Gasteiger partial charge in [-0.3, -0.25) is 4.79 Å². The number of nitrogens with zero attached hydrogens (tertiary/aromatic N) is 3. The van der Waals surface area contributed by atoms with Crippen molar-refractivity contribution in [3.8, 4) is 22.8 Å². The maximum absolute atomic E-state index is 12.5. The van der Waals surface area contributed by atoms with Gasteiger partial charge in [-0.15, -0.1) is 0 Å². The van der Waals surface area contributed by atoms with Gasteiger partial charge in [0.15, 0.2) is 5.58 Å². The lowest BCUT2D eigenvalue weighted by molar-refractivity contribution is -0.192. The molecule has 1 amide bonds. The molecule has 0 fully saturated rings. The van der Waals surface area contributed by atoms with Crippen molar-refractivity contribution in [2.75, 3.05) is 27.2 Å². The van der Waals surface area contributed by atoms with E-state index in [1.54, 1.807) is 24.5 Å². The van der Waals surface area contributed by atoms with E-state index in [0.717, 1.165) is 23.9 Å². The van der Waals surface area contributed by atoms with Gasteiger partial charge < -0.3 is 24.3 Å². The second kappa shape index (κ2) is 11.5. The van der Waals surface area contributed by atoms with Crippen molar-refractivity contribution in [2.24, 2.45) is 0 Å². The number of halogens is 3. The molecule has 0 aliphatic carbocycles. The maximum atomic E-state index is 12.5. The zero-order valence-electron chi connectivity index (χ0n) is 19.4. The number of amides is 1. The highest BCUT2D eigenvalue weighted by molar-refractivity contribution is 6.00. The first-order valence-corrected chi connectivity index (χ1v) is 10.7. The van der Waals surface area contributed by atoms with Crippen LogP contribution in [-0.4, -0.2) is 65.4 Å². The molecule has 190 valence electrons. The summed E-state index contributed by atoms with van der Waals surface area (Å²) in [5.74, 6) is -2.37. The van der Waals surface area contributed by atoms with Gasteiger partial charge in [0.1, 0.15) is 17.7 Å². The minimum atomic E-state index is -5.08. The molecular weight excluding hydrogens is 481 g/mol. The molecule has 2 aromatic heterocycles. The minimum absolute atomic E-state index is 0.122. The van der Waals surface area contributed by atoms with Crippen molar-refractivity contribution in [1.82, 2.24) is 20.4 Å². The number of aromatic nitrogens is 2. The quantitative estimate of drug-likeness (QED) is 0.354. The monoisotopic (exact) mass is 504 g/mol. The van der Waals surface area contributed by atoms with Crippen LogP contribution >= 0.6 is 0 Å². The Bertz CT molecular complexity index is 1320. The number of carbonyl (C=O) groups excluding carboxylic acids is 1. The van der Waals surface area contributed by atoms with Crippen molar-refractivity contribution in [3.63, 3.8) is 0 Å². The predicted molar refractivity (Wildman–Crippen MR) is 124 cm³/mol. The number of carbonyl (C=O) groups is 2. The van der Waals surface area contributed by atoms with Gasteiger partial charge in [0.05, 0.1) is 5.39 Å². The molecule has 0 aliphatic rings. The summed E-state index contributed by atoms with van der Waals surface area (Å²) >= 11 is 0. The number of rotatable bonds is 7. The molecular formula is C24H23F3N4O5. The summed E-state index contributed by atoms with van der Waals surface area (Å²) in [5.41, 5.74) is 3.13. The zero-order valence-corrected chi connectivity index (χ0v) is 19.4. The molecule has 0 saturated carbocycles. The first-order valence-electron chi connectivity index (χ1n) is 10.7. The Labute approximate surface area is 203 Å². The summed E-state index contributed by atoms with van der Waals surface area (Å²) in [5, 5.41) is 14.9. The Morgan fingerprint density at radius 1 is 1.11 bits per heavy atom. The van der Waals surface area contributed by atoms with Crippen LogP contribution in [0, 0.1) is 0 Å². The smallest absolute Gasteiger partial charge is 0.475 e. The third kappa shape index (κ3) is 6.92. The predicted octanol–water partition coefficient (Wildman–Crippen LogP) is 4.46. The van der Waals surface area contributed by atoms with Crippen LogP contribution in [0.15, 0.2) is 63.7 Å². The molecule has 0 bridgehead atoms. The van der Waals surface area contributed by atoms with Crippen LogP contribution in [0.2, 0.25) is 0 Å². The van der Waals surface area contributed by atoms with E-state index in [2.05, 4.69) is 20.4 Å². The van der Waals surface area contributed by atoms with E-state index in [9.17, 15) is 18.0 Å². The van der Waals surface area contributed by atoms with E-state index in [4.69, 9.17) is 18.8 Å². The number of hydrogen-bond donors (Lipinski definition) is 2. The molecule has 0 atom stereocenters. The number of alkyl halides is 3. The number of hydrogen-bond acceptors (Lipinski definition) is 7. The summed E-state index contributed by atoms with van der Waals surface area (Å²) < 4.78 is 42.8. The largest absolute Gasteiger partial charge is 0.490 e. The lowest BCUT2D eigenvalue weighted by Gasteiger charge is -2.09. The number of nitrogens with one attached hydrogen (secondary N) is 1. The van der Waals surface area contributed by atoms with Gasteiger partial charge in [-0.05, 0) is 57.4 Å². The number of oxazole rings is 1. The van der Waals surface area contributed by atoms with E-state index in [1.165, 1.54) is 0 Å². The first-order chi connectivity index (χ1) is 17.1. The fourth-order valence-electron chi connectivity index (χ4n) is 3.06. The normalized spacial score (nSPS) is 11.3. The average molecular weight is 504 g/mol. The molecule has 0 radical (unpaired) electrons. The highest BCUT2D eigenvalue weighted by Gasteiger charge is 2.38. The van der Waals surface area contributed by atoms with Gasteiger partial charge in [0, 0.05) is 17.7 Å². The molecule has 0 aliphatic heterocycles. The molecule has 9 nitrogen and oxygen atoms in total. The van der Waals surface area contributed by atoms with Crippen LogP contribution < -0.4 is 5.32 Å². The Hall–Kier alpha value is -4.19. The van der Waals surface area contributed by atoms with E-state index in [1.807, 2.05) is 44.4 Å². The van der Waals surface area contributed by atoms with Gasteiger partial charge in [-0.25, -0.2) is 9.78 Å². The molecule has 2 heterocycles. The molecule has 0 spiro atoms. The number of carboxylic acids is 1. The maximum Gasteiger partial charge on any atom is 0.490 e. The third-order valence-electron chi connectivity index (χ3n) is 4.81. The van der Waals surface area contributed by atoms with Crippen molar-refractivity contribution >= 4 is 22.8 Å². The van der Waals surface area contributed by atoms with E-state index < -0.39 is 12.1 Å². The fraction of sp³-hybridized carbons (Fsp3) is 0.250. The van der Waals surface area contributed by atoms with Gasteiger partial charge in [0.25, 0.3) is 5.91 Å². The lowest BCUT2D eigenvalue weighted by Crippen LogP contribution is -2.27. The average Bonchev–Trinajstić information content (AvgIpc) is 3.48. The number of benzene rings is 2. The summed E-state index contributed by atoms with van der Waals surface area (Å²) in [6.45, 7) is 1.54. The zero-order chi connectivity index (χ0) is 26.3. The van der Waals surface area contributed by atoms with E-state index in [0.29, 0.717) is 35.0 Å². The molecule has 4 rings (SSSR count). The Kier molecular flexibility index (Phi) is 8.43. The van der Waals surface area contributed by atoms with Gasteiger partial charge in [0.2, 0.25) is 5.89 Å². The molecule has 4 aromatic rings. The first kappa shape index (κ1) is 26.4.